The smallest absolute Gasteiger partial charge is 0.462 e. The van der Waals surface area contributed by atoms with Crippen LogP contribution < -0.4 is 0 Å². The molecule has 0 aliphatic heterocycles. The van der Waals surface area contributed by atoms with Crippen LogP contribution in [0.4, 0.5) is 0 Å². The number of aliphatic hydroxyl groups excluding tert-OH is 2. The molecule has 0 heterocycles. The Morgan fingerprint density at radius 1 is 0.582 bits per heavy atom. The van der Waals surface area contributed by atoms with Crippen LogP contribution >= 0.6 is 7.82 Å². The average molecular weight is 799 g/mol. The molecule has 4 N–H and O–H groups in total. The average Bonchev–Trinajstić information content (AvgIpc) is 3.15. The number of hydrogen-bond donors (Lipinski definition) is 4. The van der Waals surface area contributed by atoms with Gasteiger partial charge in [-0.2, -0.15) is 0 Å². The van der Waals surface area contributed by atoms with Crippen LogP contribution in [0.3, 0.4) is 0 Å². The summed E-state index contributed by atoms with van der Waals surface area (Å²) in [6, 6.07) is 0. The number of phosphoric acid groups is 1. The predicted octanol–water partition coefficient (Wildman–Crippen LogP) is 10.9. The maximum absolute atomic E-state index is 12.4. The number of hydrogen-bond acceptors (Lipinski definition) is 8. The van der Waals surface area contributed by atoms with Gasteiger partial charge in [-0.15, -0.1) is 0 Å². The predicted molar refractivity (Wildman–Crippen MR) is 223 cm³/mol. The quantitative estimate of drug-likeness (QED) is 0.0205. The molecule has 0 aromatic carbocycles. The highest BCUT2D eigenvalue weighted by molar-refractivity contribution is 7.46. The summed E-state index contributed by atoms with van der Waals surface area (Å²) in [6.45, 7) is 5.69. The molecule has 0 aromatic rings. The van der Waals surface area contributed by atoms with Crippen molar-refractivity contribution in [2.45, 2.75) is 200 Å². The molecule has 0 amide bonds. The lowest BCUT2D eigenvalue weighted by Gasteiger charge is -2.19. The third-order valence-corrected chi connectivity index (χ3v) is 10.1. The van der Waals surface area contributed by atoms with Gasteiger partial charge in [0.25, 0.3) is 0 Å². The van der Waals surface area contributed by atoms with Crippen molar-refractivity contribution in [2.24, 2.45) is 5.92 Å². The van der Waals surface area contributed by atoms with Crippen LogP contribution in [0.15, 0.2) is 48.6 Å². The molecule has 0 saturated carbocycles. The highest BCUT2D eigenvalue weighted by atomic mass is 31.2. The first-order chi connectivity index (χ1) is 26.5. The van der Waals surface area contributed by atoms with Crippen molar-refractivity contribution < 1.29 is 48.2 Å². The molecule has 0 radical (unpaired) electrons. The van der Waals surface area contributed by atoms with Gasteiger partial charge in [0.1, 0.15) is 6.61 Å². The minimum absolute atomic E-state index is 0.0491. The van der Waals surface area contributed by atoms with Gasteiger partial charge in [-0.25, -0.2) is 4.57 Å². The van der Waals surface area contributed by atoms with Crippen LogP contribution in [-0.2, 0) is 28.2 Å². The minimum atomic E-state index is -4.82. The van der Waals surface area contributed by atoms with E-state index in [1.807, 2.05) is 18.2 Å². The summed E-state index contributed by atoms with van der Waals surface area (Å²) < 4.78 is 26.2. The Morgan fingerprint density at radius 2 is 1.05 bits per heavy atom. The summed E-state index contributed by atoms with van der Waals surface area (Å²) in [4.78, 5) is 42.9. The van der Waals surface area contributed by atoms with Gasteiger partial charge in [0.05, 0.1) is 18.8 Å². The van der Waals surface area contributed by atoms with Gasteiger partial charge in [-0.1, -0.05) is 166 Å². The molecule has 10 nitrogen and oxygen atoms in total. The third kappa shape index (κ3) is 38.6. The molecule has 0 aliphatic rings. The maximum atomic E-state index is 12.4. The number of ether oxygens (including phenoxy) is 2. The first kappa shape index (κ1) is 52.9. The normalized spacial score (nSPS) is 14.7. The van der Waals surface area contributed by atoms with E-state index in [-0.39, 0.29) is 32.1 Å². The molecule has 0 aliphatic carbocycles. The Kier molecular flexibility index (Phi) is 36.1. The van der Waals surface area contributed by atoms with Crippen LogP contribution in [-0.4, -0.2) is 63.5 Å². The maximum Gasteiger partial charge on any atom is 0.469 e. The molecule has 55 heavy (non-hydrogen) atoms. The first-order valence-corrected chi connectivity index (χ1v) is 23.0. The highest BCUT2D eigenvalue weighted by Crippen LogP contribution is 2.36. The molecule has 0 rings (SSSR count). The van der Waals surface area contributed by atoms with E-state index in [0.29, 0.717) is 6.42 Å². The van der Waals surface area contributed by atoms with Gasteiger partial charge < -0.3 is 29.5 Å². The summed E-state index contributed by atoms with van der Waals surface area (Å²) in [5.41, 5.74) is 0. The minimum Gasteiger partial charge on any atom is -0.462 e. The number of esters is 2. The molecule has 0 fully saturated rings. The summed E-state index contributed by atoms with van der Waals surface area (Å²) in [6.07, 6.45) is 37.2. The fourth-order valence-electron chi connectivity index (χ4n) is 5.91. The lowest BCUT2D eigenvalue weighted by atomic mass is 9.99. The molecule has 0 bridgehead atoms. The number of unbranched alkanes of at least 4 members (excludes halogenated alkanes) is 13. The summed E-state index contributed by atoms with van der Waals surface area (Å²) in [7, 11) is -4.82. The van der Waals surface area contributed by atoms with Crippen LogP contribution in [0.25, 0.3) is 0 Å². The Hall–Kier alpha value is -2.07. The van der Waals surface area contributed by atoms with E-state index in [4.69, 9.17) is 19.3 Å². The molecular formula is C44H79O10P. The number of allylic oxidation sites excluding steroid dienone is 7. The number of aliphatic hydroxyl groups is 2. The van der Waals surface area contributed by atoms with Crippen LogP contribution in [0.2, 0.25) is 0 Å². The van der Waals surface area contributed by atoms with Gasteiger partial charge in [0.15, 0.2) is 6.10 Å². The van der Waals surface area contributed by atoms with Gasteiger partial charge in [-0.3, -0.25) is 14.1 Å². The molecular weight excluding hydrogens is 719 g/mol. The molecule has 4 atom stereocenters. The summed E-state index contributed by atoms with van der Waals surface area (Å²) in [5.74, 6) is -0.302. The Labute approximate surface area is 334 Å². The van der Waals surface area contributed by atoms with E-state index >= 15 is 0 Å². The molecule has 0 saturated heterocycles. The third-order valence-electron chi connectivity index (χ3n) is 9.60. The van der Waals surface area contributed by atoms with Crippen LogP contribution in [0, 0.1) is 5.92 Å². The van der Waals surface area contributed by atoms with Crippen molar-refractivity contribution in [3.8, 4) is 0 Å². The fraction of sp³-hybridized carbons (Fsp3) is 0.773. The van der Waals surface area contributed by atoms with E-state index < -0.39 is 51.3 Å². The van der Waals surface area contributed by atoms with Gasteiger partial charge in [0.2, 0.25) is 0 Å². The standard InChI is InChI=1S/C44H79O10P/c1-4-6-7-8-9-10-11-17-20-23-26-29-33-41(45)42(46)34-31-36-43(47)52-37-40(38-53-55(49,50)51)54-44(48)35-30-27-24-21-18-15-13-12-14-16-19-22-25-28-32-39(3)5-2/h6-7,9-10,17,20,26,29,39-42,45-46H,4-5,8,11-16,18-19,21-25,27-28,30-38H2,1-3H3,(H2,49,50,51)/b7-6-,10-9-,20-17-,29-26-/t39?,40-,41+,42+/m1/s1. The van der Waals surface area contributed by atoms with E-state index in [1.54, 1.807) is 0 Å². The van der Waals surface area contributed by atoms with Crippen molar-refractivity contribution in [2.75, 3.05) is 13.2 Å². The van der Waals surface area contributed by atoms with Crippen molar-refractivity contribution in [3.63, 3.8) is 0 Å². The highest BCUT2D eigenvalue weighted by Gasteiger charge is 2.23. The zero-order valence-corrected chi connectivity index (χ0v) is 35.6. The van der Waals surface area contributed by atoms with E-state index in [9.17, 15) is 24.4 Å². The van der Waals surface area contributed by atoms with Crippen molar-refractivity contribution in [3.05, 3.63) is 48.6 Å². The van der Waals surface area contributed by atoms with Gasteiger partial charge >= 0.3 is 19.8 Å². The number of rotatable bonds is 38. The molecule has 1 unspecified atom stereocenters. The number of phosphoric ester groups is 1. The second-order valence-corrected chi connectivity index (χ2v) is 16.1. The number of carbonyl (C=O) groups excluding carboxylic acids is 2. The van der Waals surface area contributed by atoms with Gasteiger partial charge in [0, 0.05) is 12.8 Å². The van der Waals surface area contributed by atoms with E-state index in [2.05, 4.69) is 55.7 Å². The zero-order chi connectivity index (χ0) is 40.8. The molecule has 320 valence electrons. The summed E-state index contributed by atoms with van der Waals surface area (Å²) in [5, 5.41) is 20.5. The van der Waals surface area contributed by atoms with Crippen molar-refractivity contribution in [1.29, 1.82) is 0 Å². The Bertz CT molecular complexity index is 1080. The first-order valence-electron chi connectivity index (χ1n) is 21.5. The lowest BCUT2D eigenvalue weighted by Crippen LogP contribution is -2.29. The molecule has 0 aromatic heterocycles. The second-order valence-electron chi connectivity index (χ2n) is 14.8. The fourth-order valence-corrected chi connectivity index (χ4v) is 6.27. The second kappa shape index (κ2) is 37.5. The topological polar surface area (TPSA) is 160 Å². The lowest BCUT2D eigenvalue weighted by molar-refractivity contribution is -0.161. The SMILES string of the molecule is CC/C=C\C/C=C\C/C=C\C/C=C\C[C@H](O)[C@@H](O)CCCC(=O)OC[C@H](COP(=O)(O)O)OC(=O)CCCCCCCCCCCCCCCCC(C)CC. The largest absolute Gasteiger partial charge is 0.469 e. The molecule has 11 heteroatoms. The van der Waals surface area contributed by atoms with Gasteiger partial charge in [-0.05, 0) is 57.3 Å². The zero-order valence-electron chi connectivity index (χ0n) is 34.7. The Balaban J connectivity index is 4.13. The molecule has 0 spiro atoms. The van der Waals surface area contributed by atoms with Crippen molar-refractivity contribution in [1.82, 2.24) is 0 Å². The van der Waals surface area contributed by atoms with Crippen molar-refractivity contribution >= 4 is 19.8 Å². The monoisotopic (exact) mass is 799 g/mol. The van der Waals surface area contributed by atoms with Crippen LogP contribution in [0.1, 0.15) is 181 Å². The summed E-state index contributed by atoms with van der Waals surface area (Å²) >= 11 is 0. The van der Waals surface area contributed by atoms with Crippen LogP contribution in [0.5, 0.6) is 0 Å². The van der Waals surface area contributed by atoms with E-state index in [0.717, 1.165) is 50.9 Å². The number of carbonyl (C=O) groups is 2. The van der Waals surface area contributed by atoms with E-state index in [1.165, 1.54) is 77.0 Å². The Morgan fingerprint density at radius 3 is 1.56 bits per heavy atom.